The van der Waals surface area contributed by atoms with E-state index in [9.17, 15) is 9.59 Å². The molecule has 0 spiro atoms. The van der Waals surface area contributed by atoms with Gasteiger partial charge in [-0.25, -0.2) is 4.79 Å². The van der Waals surface area contributed by atoms with Crippen LogP contribution in [-0.4, -0.2) is 48.2 Å². The van der Waals surface area contributed by atoms with Crippen LogP contribution in [0.4, 0.5) is 0 Å². The van der Waals surface area contributed by atoms with Gasteiger partial charge in [-0.05, 0) is 38.0 Å². The standard InChI is InChI=1S/C17H27NO4/c1-10(22-17(4)6-7-17)8-12(19)18-9-11-13(16(11,2)3)14(18)15(20)21-5/h10-11,13-14H,6-9H2,1-5H3/t10-,11?,13?,14+/m1/s1. The molecule has 1 amide bonds. The first-order chi connectivity index (χ1) is 10.2. The summed E-state index contributed by atoms with van der Waals surface area (Å²) in [5.74, 6) is 0.378. The van der Waals surface area contributed by atoms with E-state index in [1.54, 1.807) is 4.90 Å². The summed E-state index contributed by atoms with van der Waals surface area (Å²) in [5, 5.41) is 0. The Bertz CT molecular complexity index is 497. The number of hydrogen-bond acceptors (Lipinski definition) is 4. The molecular weight excluding hydrogens is 282 g/mol. The fourth-order valence-corrected chi connectivity index (χ4v) is 4.12. The monoisotopic (exact) mass is 309 g/mol. The van der Waals surface area contributed by atoms with E-state index < -0.39 is 6.04 Å². The van der Waals surface area contributed by atoms with Gasteiger partial charge in [0.05, 0.1) is 25.2 Å². The first-order valence-electron chi connectivity index (χ1n) is 8.25. The molecule has 0 radical (unpaired) electrons. The molecule has 5 heteroatoms. The molecule has 22 heavy (non-hydrogen) atoms. The zero-order valence-electron chi connectivity index (χ0n) is 14.2. The van der Waals surface area contributed by atoms with E-state index in [0.717, 1.165) is 12.8 Å². The first kappa shape index (κ1) is 15.8. The average molecular weight is 309 g/mol. The molecule has 3 aliphatic rings. The van der Waals surface area contributed by atoms with Crippen LogP contribution >= 0.6 is 0 Å². The van der Waals surface area contributed by atoms with Crippen LogP contribution in [0, 0.1) is 17.3 Å². The molecule has 1 saturated heterocycles. The highest BCUT2D eigenvalue weighted by molar-refractivity contribution is 5.86. The Hall–Kier alpha value is -1.10. The maximum absolute atomic E-state index is 12.6. The van der Waals surface area contributed by atoms with Gasteiger partial charge in [-0.3, -0.25) is 4.79 Å². The number of esters is 1. The van der Waals surface area contributed by atoms with Gasteiger partial charge in [0.1, 0.15) is 6.04 Å². The van der Waals surface area contributed by atoms with Gasteiger partial charge < -0.3 is 14.4 Å². The van der Waals surface area contributed by atoms with Gasteiger partial charge in [-0.2, -0.15) is 0 Å². The van der Waals surface area contributed by atoms with E-state index in [1.165, 1.54) is 7.11 Å². The summed E-state index contributed by atoms with van der Waals surface area (Å²) >= 11 is 0. The average Bonchev–Trinajstić information content (AvgIpc) is 3.18. The molecule has 3 rings (SSSR count). The van der Waals surface area contributed by atoms with Crippen molar-refractivity contribution in [1.82, 2.24) is 4.90 Å². The van der Waals surface area contributed by atoms with E-state index >= 15 is 0 Å². The molecule has 0 aromatic heterocycles. The number of piperidine rings is 1. The Morgan fingerprint density at radius 2 is 1.91 bits per heavy atom. The number of carbonyl (C=O) groups excluding carboxylic acids is 2. The highest BCUT2D eigenvalue weighted by Gasteiger charge is 2.69. The number of carbonyl (C=O) groups is 2. The summed E-state index contributed by atoms with van der Waals surface area (Å²) in [7, 11) is 1.40. The fourth-order valence-electron chi connectivity index (χ4n) is 4.12. The van der Waals surface area contributed by atoms with Gasteiger partial charge >= 0.3 is 5.97 Å². The van der Waals surface area contributed by atoms with Gasteiger partial charge in [-0.1, -0.05) is 13.8 Å². The molecule has 5 nitrogen and oxygen atoms in total. The van der Waals surface area contributed by atoms with E-state index in [0.29, 0.717) is 18.9 Å². The van der Waals surface area contributed by atoms with Crippen LogP contribution in [0.25, 0.3) is 0 Å². The van der Waals surface area contributed by atoms with Crippen molar-refractivity contribution in [3.8, 4) is 0 Å². The minimum atomic E-state index is -0.416. The topological polar surface area (TPSA) is 55.8 Å². The second-order valence-electron chi connectivity index (χ2n) is 8.05. The Labute approximate surface area is 132 Å². The zero-order chi connectivity index (χ0) is 16.3. The van der Waals surface area contributed by atoms with Crippen LogP contribution < -0.4 is 0 Å². The lowest BCUT2D eigenvalue weighted by Crippen LogP contribution is -2.46. The molecule has 2 aliphatic carbocycles. The van der Waals surface area contributed by atoms with Gasteiger partial charge in [-0.15, -0.1) is 0 Å². The number of amides is 1. The van der Waals surface area contributed by atoms with Crippen LogP contribution in [0.1, 0.15) is 47.0 Å². The smallest absolute Gasteiger partial charge is 0.328 e. The Balaban J connectivity index is 1.63. The van der Waals surface area contributed by atoms with E-state index in [2.05, 4.69) is 20.8 Å². The zero-order valence-corrected chi connectivity index (χ0v) is 14.2. The minimum absolute atomic E-state index is 0.00940. The lowest BCUT2D eigenvalue weighted by Gasteiger charge is -2.30. The molecule has 3 fully saturated rings. The minimum Gasteiger partial charge on any atom is -0.467 e. The normalized spacial score (nSPS) is 34.8. The highest BCUT2D eigenvalue weighted by Crippen LogP contribution is 2.65. The van der Waals surface area contributed by atoms with Gasteiger partial charge in [0, 0.05) is 12.5 Å². The summed E-state index contributed by atoms with van der Waals surface area (Å²) in [6, 6.07) is -0.416. The molecule has 0 N–H and O–H groups in total. The molecule has 2 saturated carbocycles. The lowest BCUT2D eigenvalue weighted by molar-refractivity contribution is -0.154. The summed E-state index contributed by atoms with van der Waals surface area (Å²) < 4.78 is 10.9. The molecule has 0 aromatic rings. The second kappa shape index (κ2) is 4.95. The second-order valence-corrected chi connectivity index (χ2v) is 8.05. The fraction of sp³-hybridized carbons (Fsp3) is 0.882. The lowest BCUT2D eigenvalue weighted by atomic mass is 10.0. The van der Waals surface area contributed by atoms with E-state index in [1.807, 2.05) is 6.92 Å². The molecule has 1 aliphatic heterocycles. The third-order valence-electron chi connectivity index (χ3n) is 5.87. The SMILES string of the molecule is COC(=O)[C@@H]1C2C(CN1C(=O)C[C@@H](C)OC1(C)CC1)C2(C)C. The summed E-state index contributed by atoms with van der Waals surface area (Å²) in [6.45, 7) is 9.02. The van der Waals surface area contributed by atoms with Gasteiger partial charge in [0.25, 0.3) is 0 Å². The van der Waals surface area contributed by atoms with Crippen molar-refractivity contribution in [2.24, 2.45) is 17.3 Å². The molecule has 2 unspecified atom stereocenters. The van der Waals surface area contributed by atoms with Crippen molar-refractivity contribution < 1.29 is 19.1 Å². The maximum Gasteiger partial charge on any atom is 0.328 e. The summed E-state index contributed by atoms with van der Waals surface area (Å²) in [5.41, 5.74) is 0.107. The molecular formula is C17H27NO4. The van der Waals surface area contributed by atoms with Gasteiger partial charge in [0.2, 0.25) is 5.91 Å². The van der Waals surface area contributed by atoms with Crippen LogP contribution in [0.3, 0.4) is 0 Å². The number of rotatable bonds is 5. The number of nitrogens with zero attached hydrogens (tertiary/aromatic N) is 1. The van der Waals surface area contributed by atoms with Crippen molar-refractivity contribution in [3.05, 3.63) is 0 Å². The number of fused-ring (bicyclic) bond motifs is 1. The molecule has 0 aromatic carbocycles. The van der Waals surface area contributed by atoms with E-state index in [-0.39, 0.29) is 34.9 Å². The summed E-state index contributed by atoms with van der Waals surface area (Å²) in [6.07, 6.45) is 2.36. The third-order valence-corrected chi connectivity index (χ3v) is 5.87. The van der Waals surface area contributed by atoms with Gasteiger partial charge in [0.15, 0.2) is 0 Å². The van der Waals surface area contributed by atoms with Crippen molar-refractivity contribution in [1.29, 1.82) is 0 Å². The predicted molar refractivity (Wildman–Crippen MR) is 81.1 cm³/mol. The number of ether oxygens (including phenoxy) is 2. The van der Waals surface area contributed by atoms with Crippen molar-refractivity contribution >= 4 is 11.9 Å². The van der Waals surface area contributed by atoms with Crippen LogP contribution in [0.15, 0.2) is 0 Å². The number of methoxy groups -OCH3 is 1. The van der Waals surface area contributed by atoms with Crippen molar-refractivity contribution in [3.63, 3.8) is 0 Å². The largest absolute Gasteiger partial charge is 0.467 e. The molecule has 4 atom stereocenters. The van der Waals surface area contributed by atoms with Crippen LogP contribution in [-0.2, 0) is 19.1 Å². The Kier molecular flexibility index (Phi) is 3.55. The number of hydrogen-bond donors (Lipinski definition) is 0. The van der Waals surface area contributed by atoms with Crippen molar-refractivity contribution in [2.45, 2.75) is 64.7 Å². The van der Waals surface area contributed by atoms with Crippen LogP contribution in [0.2, 0.25) is 0 Å². The third kappa shape index (κ3) is 2.53. The molecule has 0 bridgehead atoms. The first-order valence-corrected chi connectivity index (χ1v) is 8.25. The Morgan fingerprint density at radius 3 is 2.45 bits per heavy atom. The quantitative estimate of drug-likeness (QED) is 0.729. The maximum atomic E-state index is 12.6. The van der Waals surface area contributed by atoms with Crippen LogP contribution in [0.5, 0.6) is 0 Å². The van der Waals surface area contributed by atoms with E-state index in [4.69, 9.17) is 9.47 Å². The molecule has 124 valence electrons. The Morgan fingerprint density at radius 1 is 1.27 bits per heavy atom. The van der Waals surface area contributed by atoms with Crippen molar-refractivity contribution in [2.75, 3.05) is 13.7 Å². The highest BCUT2D eigenvalue weighted by atomic mass is 16.5. The summed E-state index contributed by atoms with van der Waals surface area (Å²) in [4.78, 5) is 26.5. The predicted octanol–water partition coefficient (Wildman–Crippen LogP) is 1.99. The molecule has 1 heterocycles. The number of likely N-dealkylation sites (tertiary alicyclic amines) is 1.